The molecule has 0 radical (unpaired) electrons. The van der Waals surface area contributed by atoms with Gasteiger partial charge in [-0.15, -0.1) is 0 Å². The van der Waals surface area contributed by atoms with Gasteiger partial charge >= 0.3 is 0 Å². The molecule has 1 N–H and O–H groups in total. The standard InChI is InChI=1S/C33H38N4O6S/c1-33(2,3)24-12-10-23(11-13-24)31(39)35-27(19-22-8-14-26(43-4)15-9-22)32(40)36-18-16-28-30(36)29(38)20-37(28)44(41,42)21-25-7-5-6-17-34-25/h5-15,17,27-28,30H,16,18-21H2,1-4H3,(H,35,39). The van der Waals surface area contributed by atoms with E-state index in [1.807, 2.05) is 24.3 Å². The number of methoxy groups -OCH3 is 1. The molecule has 3 heterocycles. The van der Waals surface area contributed by atoms with Crippen LogP contribution in [0.1, 0.15) is 54.4 Å². The second-order valence-electron chi connectivity index (χ2n) is 12.3. The molecule has 232 valence electrons. The van der Waals surface area contributed by atoms with Gasteiger partial charge in [-0.05, 0) is 59.4 Å². The lowest BCUT2D eigenvalue weighted by molar-refractivity contribution is -0.138. The highest BCUT2D eigenvalue weighted by molar-refractivity contribution is 7.88. The minimum Gasteiger partial charge on any atom is -0.497 e. The molecule has 2 aromatic carbocycles. The van der Waals surface area contributed by atoms with Gasteiger partial charge in [-0.25, -0.2) is 8.42 Å². The minimum absolute atomic E-state index is 0.0824. The maximum Gasteiger partial charge on any atom is 0.251 e. The van der Waals surface area contributed by atoms with Crippen molar-refractivity contribution in [1.29, 1.82) is 0 Å². The van der Waals surface area contributed by atoms with Crippen molar-refractivity contribution in [1.82, 2.24) is 19.5 Å². The molecule has 2 amide bonds. The van der Waals surface area contributed by atoms with Crippen molar-refractivity contribution in [2.45, 2.75) is 62.9 Å². The summed E-state index contributed by atoms with van der Waals surface area (Å²) in [5.74, 6) is -0.846. The average Bonchev–Trinajstić information content (AvgIpc) is 3.58. The molecule has 44 heavy (non-hydrogen) atoms. The van der Waals surface area contributed by atoms with Gasteiger partial charge in [0.1, 0.15) is 23.6 Å². The number of carbonyl (C=O) groups excluding carboxylic acids is 3. The largest absolute Gasteiger partial charge is 0.497 e. The van der Waals surface area contributed by atoms with Gasteiger partial charge in [0.25, 0.3) is 5.91 Å². The van der Waals surface area contributed by atoms with E-state index in [1.165, 1.54) is 15.4 Å². The molecule has 2 saturated heterocycles. The Kier molecular flexibility index (Phi) is 8.90. The fourth-order valence-corrected chi connectivity index (χ4v) is 7.56. The van der Waals surface area contributed by atoms with Crippen molar-refractivity contribution in [2.24, 2.45) is 0 Å². The Morgan fingerprint density at radius 2 is 1.75 bits per heavy atom. The van der Waals surface area contributed by atoms with Gasteiger partial charge in [-0.3, -0.25) is 19.4 Å². The number of aromatic nitrogens is 1. The van der Waals surface area contributed by atoms with E-state index in [1.54, 1.807) is 49.6 Å². The SMILES string of the molecule is COc1ccc(CC(NC(=O)c2ccc(C(C)(C)C)cc2)C(=O)N2CCC3C2C(=O)CN3S(=O)(=O)Cc2ccccn2)cc1. The number of hydrogen-bond acceptors (Lipinski definition) is 7. The Morgan fingerprint density at radius 1 is 1.05 bits per heavy atom. The van der Waals surface area contributed by atoms with Crippen LogP contribution < -0.4 is 10.1 Å². The number of sulfonamides is 1. The van der Waals surface area contributed by atoms with Crippen molar-refractivity contribution in [3.05, 3.63) is 95.3 Å². The predicted molar refractivity (Wildman–Crippen MR) is 166 cm³/mol. The number of likely N-dealkylation sites (tertiary alicyclic amines) is 1. The van der Waals surface area contributed by atoms with Gasteiger partial charge in [-0.1, -0.05) is 51.1 Å². The van der Waals surface area contributed by atoms with Gasteiger partial charge in [-0.2, -0.15) is 4.31 Å². The molecule has 2 fully saturated rings. The summed E-state index contributed by atoms with van der Waals surface area (Å²) in [6.45, 7) is 6.16. The zero-order valence-corrected chi connectivity index (χ0v) is 26.2. The minimum atomic E-state index is -3.86. The Bertz CT molecular complexity index is 1620. The zero-order valence-electron chi connectivity index (χ0n) is 25.4. The summed E-state index contributed by atoms with van der Waals surface area (Å²) in [4.78, 5) is 46.4. The fraction of sp³-hybridized carbons (Fsp3) is 0.394. The summed E-state index contributed by atoms with van der Waals surface area (Å²) < 4.78 is 33.2. The van der Waals surface area contributed by atoms with Crippen LogP contribution in [0.4, 0.5) is 0 Å². The highest BCUT2D eigenvalue weighted by Gasteiger charge is 2.54. The number of amides is 2. The molecule has 3 aromatic rings. The van der Waals surface area contributed by atoms with Crippen LogP contribution in [0.25, 0.3) is 0 Å². The lowest BCUT2D eigenvalue weighted by Crippen LogP contribution is -2.53. The number of rotatable bonds is 9. The van der Waals surface area contributed by atoms with E-state index in [4.69, 9.17) is 4.74 Å². The first-order chi connectivity index (χ1) is 20.9. The van der Waals surface area contributed by atoms with Crippen molar-refractivity contribution in [3.63, 3.8) is 0 Å². The first kappa shape index (κ1) is 31.3. The highest BCUT2D eigenvalue weighted by atomic mass is 32.2. The monoisotopic (exact) mass is 618 g/mol. The number of nitrogens with one attached hydrogen (secondary N) is 1. The molecule has 0 spiro atoms. The quantitative estimate of drug-likeness (QED) is 0.391. The van der Waals surface area contributed by atoms with Crippen LogP contribution in [0.15, 0.2) is 72.9 Å². The lowest BCUT2D eigenvalue weighted by Gasteiger charge is -2.28. The van der Waals surface area contributed by atoms with Crippen LogP contribution in [0.3, 0.4) is 0 Å². The maximum atomic E-state index is 14.1. The van der Waals surface area contributed by atoms with Crippen LogP contribution in [0.5, 0.6) is 5.75 Å². The maximum absolute atomic E-state index is 14.1. The summed E-state index contributed by atoms with van der Waals surface area (Å²) in [6, 6.07) is 17.0. The van der Waals surface area contributed by atoms with E-state index < -0.39 is 40.0 Å². The third-order valence-corrected chi connectivity index (χ3v) is 10.1. The molecule has 2 aliphatic heterocycles. The van der Waals surface area contributed by atoms with E-state index in [-0.39, 0.29) is 36.5 Å². The summed E-state index contributed by atoms with van der Waals surface area (Å²) in [6.07, 6.45) is 2.02. The van der Waals surface area contributed by atoms with Crippen LogP contribution >= 0.6 is 0 Å². The van der Waals surface area contributed by atoms with E-state index in [2.05, 4.69) is 31.1 Å². The van der Waals surface area contributed by atoms with Gasteiger partial charge in [0.05, 0.1) is 25.4 Å². The van der Waals surface area contributed by atoms with Gasteiger partial charge < -0.3 is 15.0 Å². The third-order valence-electron chi connectivity index (χ3n) is 8.29. The molecule has 5 rings (SSSR count). The summed E-state index contributed by atoms with van der Waals surface area (Å²) in [7, 11) is -2.30. The fourth-order valence-electron chi connectivity index (χ4n) is 5.90. The van der Waals surface area contributed by atoms with Gasteiger partial charge in [0.2, 0.25) is 15.9 Å². The Hall–Kier alpha value is -4.09. The molecule has 11 heteroatoms. The number of fused-ring (bicyclic) bond motifs is 1. The number of ketones is 1. The number of ether oxygens (including phenoxy) is 1. The number of hydrogen-bond donors (Lipinski definition) is 1. The molecule has 3 atom stereocenters. The number of Topliss-reactive ketones (excluding diaryl/α,β-unsaturated/α-hetero) is 1. The molecule has 3 unspecified atom stereocenters. The molecule has 0 saturated carbocycles. The predicted octanol–water partition coefficient (Wildman–Crippen LogP) is 3.11. The number of benzene rings is 2. The molecule has 1 aromatic heterocycles. The zero-order chi connectivity index (χ0) is 31.6. The summed E-state index contributed by atoms with van der Waals surface area (Å²) >= 11 is 0. The van der Waals surface area contributed by atoms with Crippen LogP contribution in [0, 0.1) is 0 Å². The lowest BCUT2D eigenvalue weighted by atomic mass is 9.86. The van der Waals surface area contributed by atoms with E-state index in [0.717, 1.165) is 11.1 Å². The first-order valence-corrected chi connectivity index (χ1v) is 16.3. The van der Waals surface area contributed by atoms with E-state index in [9.17, 15) is 22.8 Å². The molecular weight excluding hydrogens is 580 g/mol. The molecule has 0 aliphatic carbocycles. The Balaban J connectivity index is 1.37. The van der Waals surface area contributed by atoms with E-state index in [0.29, 0.717) is 23.4 Å². The molecule has 2 aliphatic rings. The second kappa shape index (κ2) is 12.5. The molecule has 0 bridgehead atoms. The first-order valence-electron chi connectivity index (χ1n) is 14.6. The smallest absolute Gasteiger partial charge is 0.251 e. The number of nitrogens with zero attached hydrogens (tertiary/aromatic N) is 3. The van der Waals surface area contributed by atoms with Gasteiger partial charge in [0.15, 0.2) is 5.78 Å². The third kappa shape index (κ3) is 6.68. The number of pyridine rings is 1. The highest BCUT2D eigenvalue weighted by Crippen LogP contribution is 2.33. The molecule has 10 nitrogen and oxygen atoms in total. The summed E-state index contributed by atoms with van der Waals surface area (Å²) in [5.41, 5.74) is 2.58. The van der Waals surface area contributed by atoms with Crippen LogP contribution in [0.2, 0.25) is 0 Å². The summed E-state index contributed by atoms with van der Waals surface area (Å²) in [5, 5.41) is 2.90. The van der Waals surface area contributed by atoms with Gasteiger partial charge in [0, 0.05) is 24.7 Å². The number of carbonyl (C=O) groups is 3. The van der Waals surface area contributed by atoms with E-state index >= 15 is 0 Å². The molecular formula is C33H38N4O6S. The van der Waals surface area contributed by atoms with Crippen LogP contribution in [-0.4, -0.2) is 78.5 Å². The van der Waals surface area contributed by atoms with Crippen molar-refractivity contribution >= 4 is 27.6 Å². The van der Waals surface area contributed by atoms with Crippen LogP contribution in [-0.2, 0) is 37.2 Å². The Morgan fingerprint density at radius 3 is 2.36 bits per heavy atom. The topological polar surface area (TPSA) is 126 Å². The van der Waals surface area contributed by atoms with Crippen molar-refractivity contribution in [3.8, 4) is 5.75 Å². The normalized spacial score (nSPS) is 19.5. The average molecular weight is 619 g/mol. The second-order valence-corrected chi connectivity index (χ2v) is 14.2. The Labute approximate surface area is 258 Å². The van der Waals surface area contributed by atoms with Crippen molar-refractivity contribution in [2.75, 3.05) is 20.2 Å². The van der Waals surface area contributed by atoms with Crippen molar-refractivity contribution < 1.29 is 27.5 Å².